The summed E-state index contributed by atoms with van der Waals surface area (Å²) in [7, 11) is 0. The molecule has 1 amide bonds. The first-order chi connectivity index (χ1) is 14.7. The number of carbonyl (C=O) groups is 1. The number of nitrogens with zero attached hydrogens (tertiary/aromatic N) is 6. The van der Waals surface area contributed by atoms with Crippen LogP contribution in [0.4, 0.5) is 0 Å². The van der Waals surface area contributed by atoms with E-state index in [1.165, 1.54) is 12.8 Å². The van der Waals surface area contributed by atoms with Crippen LogP contribution >= 0.6 is 0 Å². The van der Waals surface area contributed by atoms with E-state index in [4.69, 9.17) is 10.7 Å². The van der Waals surface area contributed by atoms with Crippen molar-refractivity contribution in [2.45, 2.75) is 51.2 Å². The zero-order chi connectivity index (χ0) is 20.8. The Bertz CT molecular complexity index is 933. The number of hydrogen-bond donors (Lipinski definition) is 2. The third-order valence-electron chi connectivity index (χ3n) is 5.19. The summed E-state index contributed by atoms with van der Waals surface area (Å²) in [5.74, 6) is 2.04. The highest BCUT2D eigenvalue weighted by Crippen LogP contribution is 2.32. The maximum absolute atomic E-state index is 12.5. The highest BCUT2D eigenvalue weighted by atomic mass is 16.2. The van der Waals surface area contributed by atoms with E-state index in [0.717, 1.165) is 24.2 Å². The molecule has 9 heteroatoms. The van der Waals surface area contributed by atoms with Crippen molar-refractivity contribution in [3.05, 3.63) is 59.9 Å². The minimum absolute atomic E-state index is 0.0929. The standard InChI is InChI=1S/C21H28N8O/c22-18(13-16-5-2-1-3-6-16)21-25-19(14-17-7-8-17)26-29(21)15-20(30)23-9-4-11-28-12-10-24-27-28/h1-3,5-6,10,12,17-18H,4,7-9,11,13-15,22H2,(H,23,30)/t18-/m1/s1. The Kier molecular flexibility index (Phi) is 6.48. The molecule has 1 aliphatic carbocycles. The third kappa shape index (κ3) is 5.73. The molecule has 1 aliphatic rings. The van der Waals surface area contributed by atoms with Crippen molar-refractivity contribution in [1.29, 1.82) is 0 Å². The Balaban J connectivity index is 1.36. The number of aromatic nitrogens is 6. The van der Waals surface area contributed by atoms with Crippen molar-refractivity contribution in [2.24, 2.45) is 11.7 Å². The predicted octanol–water partition coefficient (Wildman–Crippen LogP) is 1.27. The van der Waals surface area contributed by atoms with E-state index in [1.807, 2.05) is 30.3 Å². The molecule has 0 spiro atoms. The first-order valence-electron chi connectivity index (χ1n) is 10.5. The summed E-state index contributed by atoms with van der Waals surface area (Å²) in [4.78, 5) is 17.2. The molecule has 0 aliphatic heterocycles. The lowest BCUT2D eigenvalue weighted by Gasteiger charge is -2.13. The number of aryl methyl sites for hydroxylation is 1. The molecule has 0 saturated heterocycles. The van der Waals surface area contributed by atoms with Crippen molar-refractivity contribution < 1.29 is 4.79 Å². The fourth-order valence-electron chi connectivity index (χ4n) is 3.43. The van der Waals surface area contributed by atoms with Crippen molar-refractivity contribution in [3.63, 3.8) is 0 Å². The second-order valence-corrected chi connectivity index (χ2v) is 7.86. The average Bonchev–Trinajstić information content (AvgIpc) is 3.23. The third-order valence-corrected chi connectivity index (χ3v) is 5.19. The minimum atomic E-state index is -0.312. The van der Waals surface area contributed by atoms with E-state index < -0.39 is 0 Å². The highest BCUT2D eigenvalue weighted by Gasteiger charge is 2.26. The summed E-state index contributed by atoms with van der Waals surface area (Å²) in [6.45, 7) is 1.40. The van der Waals surface area contributed by atoms with E-state index in [1.54, 1.807) is 21.8 Å². The topological polar surface area (TPSA) is 117 Å². The predicted molar refractivity (Wildman–Crippen MR) is 111 cm³/mol. The molecule has 1 atom stereocenters. The fourth-order valence-corrected chi connectivity index (χ4v) is 3.43. The number of rotatable bonds is 11. The largest absolute Gasteiger partial charge is 0.354 e. The van der Waals surface area contributed by atoms with E-state index in [2.05, 4.69) is 20.7 Å². The summed E-state index contributed by atoms with van der Waals surface area (Å²) in [5, 5.41) is 15.2. The van der Waals surface area contributed by atoms with Crippen LogP contribution in [0.2, 0.25) is 0 Å². The van der Waals surface area contributed by atoms with Gasteiger partial charge in [-0.2, -0.15) is 5.10 Å². The van der Waals surface area contributed by atoms with Gasteiger partial charge in [-0.1, -0.05) is 35.5 Å². The number of carbonyl (C=O) groups excluding carboxylic acids is 1. The van der Waals surface area contributed by atoms with Gasteiger partial charge in [-0.3, -0.25) is 9.48 Å². The lowest BCUT2D eigenvalue weighted by Crippen LogP contribution is -2.31. The van der Waals surface area contributed by atoms with Gasteiger partial charge in [-0.05, 0) is 37.2 Å². The molecule has 0 unspecified atom stereocenters. The molecule has 158 valence electrons. The minimum Gasteiger partial charge on any atom is -0.354 e. The Morgan fingerprint density at radius 1 is 1.27 bits per heavy atom. The molecule has 3 aromatic rings. The molecule has 1 aromatic carbocycles. The summed E-state index contributed by atoms with van der Waals surface area (Å²) in [6, 6.07) is 9.77. The van der Waals surface area contributed by atoms with Crippen LogP contribution < -0.4 is 11.1 Å². The van der Waals surface area contributed by atoms with Crippen molar-refractivity contribution in [1.82, 2.24) is 35.1 Å². The summed E-state index contributed by atoms with van der Waals surface area (Å²) < 4.78 is 3.42. The molecule has 0 bridgehead atoms. The van der Waals surface area contributed by atoms with Crippen LogP contribution in [0.3, 0.4) is 0 Å². The van der Waals surface area contributed by atoms with Gasteiger partial charge in [0.25, 0.3) is 0 Å². The van der Waals surface area contributed by atoms with Gasteiger partial charge in [0.2, 0.25) is 5.91 Å². The zero-order valence-electron chi connectivity index (χ0n) is 17.0. The second kappa shape index (κ2) is 9.62. The molecule has 4 rings (SSSR count). The molecule has 9 nitrogen and oxygen atoms in total. The molecule has 1 fully saturated rings. The van der Waals surface area contributed by atoms with Gasteiger partial charge in [0, 0.05) is 25.7 Å². The maximum Gasteiger partial charge on any atom is 0.241 e. The van der Waals surface area contributed by atoms with Crippen LogP contribution in [0.15, 0.2) is 42.7 Å². The quantitative estimate of drug-likeness (QED) is 0.462. The van der Waals surface area contributed by atoms with Gasteiger partial charge < -0.3 is 11.1 Å². The van der Waals surface area contributed by atoms with Gasteiger partial charge in [0.15, 0.2) is 5.82 Å². The Labute approximate surface area is 175 Å². The fraction of sp³-hybridized carbons (Fsp3) is 0.476. The van der Waals surface area contributed by atoms with Crippen LogP contribution in [0, 0.1) is 5.92 Å². The van der Waals surface area contributed by atoms with Crippen LogP contribution in [0.5, 0.6) is 0 Å². The Morgan fingerprint density at radius 3 is 2.83 bits per heavy atom. The molecule has 1 saturated carbocycles. The summed E-state index contributed by atoms with van der Waals surface area (Å²) in [5.41, 5.74) is 7.61. The van der Waals surface area contributed by atoms with Crippen molar-refractivity contribution in [3.8, 4) is 0 Å². The van der Waals surface area contributed by atoms with Gasteiger partial charge in [0.1, 0.15) is 12.4 Å². The number of benzene rings is 1. The number of hydrogen-bond acceptors (Lipinski definition) is 6. The van der Waals surface area contributed by atoms with Gasteiger partial charge in [-0.15, -0.1) is 5.10 Å². The highest BCUT2D eigenvalue weighted by molar-refractivity contribution is 5.75. The van der Waals surface area contributed by atoms with E-state index in [0.29, 0.717) is 31.3 Å². The Morgan fingerprint density at radius 2 is 2.10 bits per heavy atom. The Hall–Kier alpha value is -3.07. The van der Waals surface area contributed by atoms with Crippen molar-refractivity contribution >= 4 is 5.91 Å². The van der Waals surface area contributed by atoms with Gasteiger partial charge >= 0.3 is 0 Å². The maximum atomic E-state index is 12.5. The zero-order valence-corrected chi connectivity index (χ0v) is 17.0. The number of amides is 1. The smallest absolute Gasteiger partial charge is 0.241 e. The van der Waals surface area contributed by atoms with Crippen LogP contribution in [-0.2, 0) is 30.7 Å². The second-order valence-electron chi connectivity index (χ2n) is 7.86. The molecular weight excluding hydrogens is 380 g/mol. The lowest BCUT2D eigenvalue weighted by atomic mass is 10.1. The number of nitrogens with one attached hydrogen (secondary N) is 1. The van der Waals surface area contributed by atoms with Gasteiger partial charge in [-0.25, -0.2) is 9.67 Å². The van der Waals surface area contributed by atoms with Gasteiger partial charge in [0.05, 0.1) is 12.2 Å². The summed E-state index contributed by atoms with van der Waals surface area (Å²) in [6.07, 6.45) is 8.19. The SMILES string of the molecule is N[C@H](Cc1ccccc1)c1nc(CC2CC2)nn1CC(=O)NCCCn1ccnn1. The first kappa shape index (κ1) is 20.2. The molecule has 2 heterocycles. The van der Waals surface area contributed by atoms with Crippen LogP contribution in [0.25, 0.3) is 0 Å². The lowest BCUT2D eigenvalue weighted by molar-refractivity contribution is -0.121. The molecular formula is C21H28N8O. The van der Waals surface area contributed by atoms with Crippen LogP contribution in [-0.4, -0.2) is 42.2 Å². The van der Waals surface area contributed by atoms with E-state index in [-0.39, 0.29) is 18.5 Å². The monoisotopic (exact) mass is 408 g/mol. The molecule has 0 radical (unpaired) electrons. The van der Waals surface area contributed by atoms with E-state index in [9.17, 15) is 4.79 Å². The molecule has 30 heavy (non-hydrogen) atoms. The summed E-state index contributed by atoms with van der Waals surface area (Å²) >= 11 is 0. The first-order valence-corrected chi connectivity index (χ1v) is 10.5. The average molecular weight is 409 g/mol. The normalized spacial score (nSPS) is 14.6. The van der Waals surface area contributed by atoms with E-state index >= 15 is 0 Å². The number of nitrogens with two attached hydrogens (primary N) is 1. The molecule has 3 N–H and O–H groups in total. The van der Waals surface area contributed by atoms with Crippen LogP contribution in [0.1, 0.15) is 42.5 Å². The van der Waals surface area contributed by atoms with Crippen molar-refractivity contribution in [2.75, 3.05) is 6.54 Å². The molecule has 2 aromatic heterocycles.